The second kappa shape index (κ2) is 5.09. The molecule has 15 heavy (non-hydrogen) atoms. The molecule has 0 amide bonds. The summed E-state index contributed by atoms with van der Waals surface area (Å²) < 4.78 is 5.04. The second-order valence-electron chi connectivity index (χ2n) is 3.46. The SMILES string of the molecule is CC(NCCc1cscn1)c1ccoc1. The van der Waals surface area contributed by atoms with Crippen LogP contribution >= 0.6 is 11.3 Å². The average molecular weight is 222 g/mol. The fourth-order valence-electron chi connectivity index (χ4n) is 1.42. The highest BCUT2D eigenvalue weighted by atomic mass is 32.1. The maximum Gasteiger partial charge on any atom is 0.0950 e. The summed E-state index contributed by atoms with van der Waals surface area (Å²) in [4.78, 5) is 4.24. The zero-order valence-corrected chi connectivity index (χ0v) is 9.46. The van der Waals surface area contributed by atoms with Crippen LogP contribution in [0.1, 0.15) is 24.2 Å². The minimum atomic E-state index is 0.336. The largest absolute Gasteiger partial charge is 0.472 e. The molecule has 1 unspecified atom stereocenters. The van der Waals surface area contributed by atoms with E-state index in [1.54, 1.807) is 23.9 Å². The normalized spacial score (nSPS) is 12.9. The van der Waals surface area contributed by atoms with E-state index in [1.165, 1.54) is 5.56 Å². The molecule has 0 aliphatic heterocycles. The fourth-order valence-corrected chi connectivity index (χ4v) is 2.01. The lowest BCUT2D eigenvalue weighted by Gasteiger charge is -2.10. The van der Waals surface area contributed by atoms with Gasteiger partial charge in [-0.05, 0) is 13.0 Å². The van der Waals surface area contributed by atoms with E-state index in [9.17, 15) is 0 Å². The molecule has 80 valence electrons. The predicted molar refractivity (Wildman–Crippen MR) is 60.9 cm³/mol. The molecule has 2 heterocycles. The van der Waals surface area contributed by atoms with Crippen LogP contribution in [-0.2, 0) is 6.42 Å². The Morgan fingerprint density at radius 2 is 2.53 bits per heavy atom. The monoisotopic (exact) mass is 222 g/mol. The van der Waals surface area contributed by atoms with Crippen LogP contribution in [0.15, 0.2) is 33.9 Å². The van der Waals surface area contributed by atoms with Gasteiger partial charge in [0.25, 0.3) is 0 Å². The van der Waals surface area contributed by atoms with Gasteiger partial charge in [-0.25, -0.2) is 4.98 Å². The lowest BCUT2D eigenvalue weighted by molar-refractivity contribution is 0.539. The van der Waals surface area contributed by atoms with Crippen molar-refractivity contribution >= 4 is 11.3 Å². The minimum absolute atomic E-state index is 0.336. The summed E-state index contributed by atoms with van der Waals surface area (Å²) in [6, 6.07) is 2.32. The second-order valence-corrected chi connectivity index (χ2v) is 4.18. The van der Waals surface area contributed by atoms with E-state index >= 15 is 0 Å². The van der Waals surface area contributed by atoms with Gasteiger partial charge >= 0.3 is 0 Å². The first-order chi connectivity index (χ1) is 7.36. The summed E-state index contributed by atoms with van der Waals surface area (Å²) in [6.45, 7) is 3.07. The Morgan fingerprint density at radius 1 is 1.60 bits per heavy atom. The van der Waals surface area contributed by atoms with Gasteiger partial charge in [0.15, 0.2) is 0 Å². The van der Waals surface area contributed by atoms with Crippen LogP contribution in [-0.4, -0.2) is 11.5 Å². The van der Waals surface area contributed by atoms with Crippen molar-refractivity contribution in [2.45, 2.75) is 19.4 Å². The molecule has 0 saturated carbocycles. The van der Waals surface area contributed by atoms with E-state index in [-0.39, 0.29) is 0 Å². The third-order valence-corrected chi connectivity index (χ3v) is 2.99. The number of furan rings is 1. The zero-order chi connectivity index (χ0) is 10.5. The van der Waals surface area contributed by atoms with Crippen LogP contribution in [0.25, 0.3) is 0 Å². The quantitative estimate of drug-likeness (QED) is 0.845. The van der Waals surface area contributed by atoms with Gasteiger partial charge in [0, 0.05) is 30.0 Å². The van der Waals surface area contributed by atoms with Crippen molar-refractivity contribution < 1.29 is 4.42 Å². The van der Waals surface area contributed by atoms with Crippen molar-refractivity contribution in [3.05, 3.63) is 40.7 Å². The van der Waals surface area contributed by atoms with Crippen molar-refractivity contribution in [2.75, 3.05) is 6.54 Å². The number of hydrogen-bond acceptors (Lipinski definition) is 4. The van der Waals surface area contributed by atoms with Gasteiger partial charge in [-0.2, -0.15) is 0 Å². The Hall–Kier alpha value is -1.13. The minimum Gasteiger partial charge on any atom is -0.472 e. The molecule has 0 spiro atoms. The molecule has 0 bridgehead atoms. The van der Waals surface area contributed by atoms with E-state index in [4.69, 9.17) is 4.42 Å². The van der Waals surface area contributed by atoms with Gasteiger partial charge in [0.1, 0.15) is 0 Å². The summed E-state index contributed by atoms with van der Waals surface area (Å²) >= 11 is 1.64. The van der Waals surface area contributed by atoms with Crippen LogP contribution in [0, 0.1) is 0 Å². The zero-order valence-electron chi connectivity index (χ0n) is 8.64. The fraction of sp³-hybridized carbons (Fsp3) is 0.364. The standard InChI is InChI=1S/C11H14N2OS/c1-9(10-3-5-14-6-10)12-4-2-11-7-15-8-13-11/h3,5-9,12H,2,4H2,1H3. The Morgan fingerprint density at radius 3 is 3.20 bits per heavy atom. The molecule has 2 aromatic rings. The number of nitrogens with zero attached hydrogens (tertiary/aromatic N) is 1. The lowest BCUT2D eigenvalue weighted by Crippen LogP contribution is -2.20. The summed E-state index contributed by atoms with van der Waals surface area (Å²) in [5, 5.41) is 5.52. The van der Waals surface area contributed by atoms with E-state index < -0.39 is 0 Å². The third-order valence-electron chi connectivity index (χ3n) is 2.36. The van der Waals surface area contributed by atoms with Crippen molar-refractivity contribution in [3.8, 4) is 0 Å². The highest BCUT2D eigenvalue weighted by Gasteiger charge is 2.05. The topological polar surface area (TPSA) is 38.1 Å². The average Bonchev–Trinajstić information content (AvgIpc) is 2.90. The molecule has 3 nitrogen and oxygen atoms in total. The number of aromatic nitrogens is 1. The van der Waals surface area contributed by atoms with Crippen molar-refractivity contribution in [3.63, 3.8) is 0 Å². The van der Waals surface area contributed by atoms with E-state index in [0.29, 0.717) is 6.04 Å². The summed E-state index contributed by atoms with van der Waals surface area (Å²) in [7, 11) is 0. The molecular weight excluding hydrogens is 208 g/mol. The Labute approximate surface area is 93.2 Å². The van der Waals surface area contributed by atoms with Gasteiger partial charge in [-0.1, -0.05) is 0 Å². The van der Waals surface area contributed by atoms with Gasteiger partial charge in [0.2, 0.25) is 0 Å². The molecule has 2 aromatic heterocycles. The molecule has 0 saturated heterocycles. The third kappa shape index (κ3) is 2.91. The molecule has 0 aromatic carbocycles. The molecule has 0 aliphatic carbocycles. The molecular formula is C11H14N2OS. The molecule has 2 rings (SSSR count). The molecule has 1 atom stereocenters. The van der Waals surface area contributed by atoms with Crippen LogP contribution in [0.3, 0.4) is 0 Å². The number of nitrogens with one attached hydrogen (secondary N) is 1. The van der Waals surface area contributed by atoms with E-state index in [2.05, 4.69) is 22.6 Å². The van der Waals surface area contributed by atoms with Gasteiger partial charge in [-0.3, -0.25) is 0 Å². The van der Waals surface area contributed by atoms with Crippen LogP contribution in [0.4, 0.5) is 0 Å². The van der Waals surface area contributed by atoms with Crippen LogP contribution in [0.5, 0.6) is 0 Å². The van der Waals surface area contributed by atoms with Crippen LogP contribution in [0.2, 0.25) is 0 Å². The predicted octanol–water partition coefficient (Wildman–Crippen LogP) is 2.63. The highest BCUT2D eigenvalue weighted by molar-refractivity contribution is 7.07. The molecule has 0 fully saturated rings. The Kier molecular flexibility index (Phi) is 3.53. The smallest absolute Gasteiger partial charge is 0.0950 e. The number of hydrogen-bond donors (Lipinski definition) is 1. The number of rotatable bonds is 5. The summed E-state index contributed by atoms with van der Waals surface area (Å²) in [5.74, 6) is 0. The van der Waals surface area contributed by atoms with E-state index in [0.717, 1.165) is 18.7 Å². The van der Waals surface area contributed by atoms with Gasteiger partial charge in [0.05, 0.1) is 23.7 Å². The summed E-state index contributed by atoms with van der Waals surface area (Å²) in [5.41, 5.74) is 4.22. The van der Waals surface area contributed by atoms with Crippen molar-refractivity contribution in [1.29, 1.82) is 0 Å². The van der Waals surface area contributed by atoms with Crippen molar-refractivity contribution in [1.82, 2.24) is 10.3 Å². The van der Waals surface area contributed by atoms with Crippen molar-refractivity contribution in [2.24, 2.45) is 0 Å². The first-order valence-electron chi connectivity index (χ1n) is 4.99. The maximum absolute atomic E-state index is 5.04. The van der Waals surface area contributed by atoms with Gasteiger partial charge in [-0.15, -0.1) is 11.3 Å². The lowest BCUT2D eigenvalue weighted by atomic mass is 10.2. The van der Waals surface area contributed by atoms with Crippen LogP contribution < -0.4 is 5.32 Å². The highest BCUT2D eigenvalue weighted by Crippen LogP contribution is 2.12. The Balaban J connectivity index is 1.74. The molecule has 0 radical (unpaired) electrons. The maximum atomic E-state index is 5.04. The first kappa shape index (κ1) is 10.4. The van der Waals surface area contributed by atoms with E-state index in [1.807, 2.05) is 11.6 Å². The molecule has 0 aliphatic rings. The number of thiazole rings is 1. The van der Waals surface area contributed by atoms with Gasteiger partial charge < -0.3 is 9.73 Å². The summed E-state index contributed by atoms with van der Waals surface area (Å²) in [6.07, 6.45) is 4.46. The first-order valence-corrected chi connectivity index (χ1v) is 5.93. The molecule has 1 N–H and O–H groups in total. The Bertz CT molecular complexity index is 369. The molecule has 4 heteroatoms.